The molecule has 0 radical (unpaired) electrons. The number of fused-ring (bicyclic) bond motifs is 3. The average molecular weight is 697 g/mol. The highest BCUT2D eigenvalue weighted by Gasteiger charge is 2.63. The Balaban J connectivity index is 1.30. The Morgan fingerprint density at radius 2 is 1.94 bits per heavy atom. The van der Waals surface area contributed by atoms with E-state index in [4.69, 9.17) is 14.2 Å². The van der Waals surface area contributed by atoms with E-state index in [2.05, 4.69) is 15.0 Å². The van der Waals surface area contributed by atoms with E-state index < -0.39 is 44.3 Å². The van der Waals surface area contributed by atoms with Crippen LogP contribution >= 0.6 is 0 Å². The summed E-state index contributed by atoms with van der Waals surface area (Å²) in [5, 5.41) is 3.68. The lowest BCUT2D eigenvalue weighted by Crippen LogP contribution is -2.57. The van der Waals surface area contributed by atoms with Gasteiger partial charge in [0.1, 0.15) is 29.2 Å². The fraction of sp³-hybridized carbons (Fsp3) is 0.611. The summed E-state index contributed by atoms with van der Waals surface area (Å²) in [5.74, 6) is -0.493. The third kappa shape index (κ3) is 6.82. The summed E-state index contributed by atoms with van der Waals surface area (Å²) in [6.45, 7) is 7.85. The molecule has 3 amide bonds. The van der Waals surface area contributed by atoms with E-state index in [1.54, 1.807) is 25.0 Å². The van der Waals surface area contributed by atoms with Crippen LogP contribution in [0.15, 0.2) is 30.4 Å². The van der Waals surface area contributed by atoms with Crippen molar-refractivity contribution in [2.24, 2.45) is 11.8 Å². The molecule has 3 heterocycles. The minimum Gasteiger partial charge on any atom is -0.496 e. The number of nitrogens with one attached hydrogen (secondary N) is 2. The summed E-state index contributed by atoms with van der Waals surface area (Å²) in [6.07, 6.45) is 9.03. The maximum atomic E-state index is 14.2. The van der Waals surface area contributed by atoms with Gasteiger partial charge in [0.25, 0.3) is 5.91 Å². The second-order valence-corrected chi connectivity index (χ2v) is 16.5. The molecule has 1 aromatic carbocycles. The van der Waals surface area contributed by atoms with Gasteiger partial charge >= 0.3 is 0 Å². The third-order valence-corrected chi connectivity index (χ3v) is 12.8. The monoisotopic (exact) mass is 696 g/mol. The van der Waals surface area contributed by atoms with Crippen molar-refractivity contribution in [3.63, 3.8) is 0 Å². The number of hydrogen-bond acceptors (Lipinski definition) is 9. The summed E-state index contributed by atoms with van der Waals surface area (Å²) in [4.78, 5) is 48.2. The number of hydrogen-bond donors (Lipinski definition) is 2. The number of ether oxygens (including phenoxy) is 3. The predicted octanol–water partition coefficient (Wildman–Crippen LogP) is 4.33. The number of carbonyl (C=O) groups is 3. The second-order valence-electron chi connectivity index (χ2n) is 14.3. The molecule has 2 aromatic rings. The lowest BCUT2D eigenvalue weighted by molar-refractivity contribution is -0.142. The second kappa shape index (κ2) is 13.4. The Hall–Kier alpha value is -3.87. The Morgan fingerprint density at radius 1 is 1.16 bits per heavy atom. The minimum atomic E-state index is -3.92. The maximum Gasteiger partial charge on any atom is 0.259 e. The van der Waals surface area contributed by atoms with Crippen molar-refractivity contribution in [2.45, 2.75) is 108 Å². The van der Waals surface area contributed by atoms with Gasteiger partial charge in [0.15, 0.2) is 0 Å². The summed E-state index contributed by atoms with van der Waals surface area (Å²) in [5.41, 5.74) is 0.0601. The zero-order valence-corrected chi connectivity index (χ0v) is 29.9. The summed E-state index contributed by atoms with van der Waals surface area (Å²) < 4.78 is 45.3. The molecule has 6 rings (SSSR count). The van der Waals surface area contributed by atoms with Crippen LogP contribution < -0.4 is 24.2 Å². The molecule has 12 nitrogen and oxygen atoms in total. The predicted molar refractivity (Wildman–Crippen MR) is 184 cm³/mol. The first-order valence-electron chi connectivity index (χ1n) is 17.5. The highest BCUT2D eigenvalue weighted by molar-refractivity contribution is 7.91. The van der Waals surface area contributed by atoms with Crippen LogP contribution in [0.4, 0.5) is 0 Å². The van der Waals surface area contributed by atoms with Crippen molar-refractivity contribution >= 4 is 38.6 Å². The van der Waals surface area contributed by atoms with E-state index in [0.29, 0.717) is 48.8 Å². The SMILES string of the molecule is CCOc1cc(O[C@@H]2C[C@H]3C(=O)N[C@]4(C(=O)NS(=O)(=O)C5(C)CC5)C[C@H]4/C=C\CCCCC[C@H](C)C(=O)N3C2)c2ccc(OC)c(C)c2n1. The summed E-state index contributed by atoms with van der Waals surface area (Å²) in [7, 11) is -2.33. The number of aromatic nitrogens is 1. The van der Waals surface area contributed by atoms with Crippen LogP contribution in [-0.2, 0) is 24.4 Å². The number of allylic oxidation sites excluding steroid dienone is 1. The van der Waals surface area contributed by atoms with Gasteiger partial charge in [-0.3, -0.25) is 19.1 Å². The van der Waals surface area contributed by atoms with E-state index in [-0.39, 0.29) is 37.1 Å². The molecule has 2 aliphatic carbocycles. The summed E-state index contributed by atoms with van der Waals surface area (Å²) in [6, 6.07) is 4.52. The number of amides is 3. The highest BCUT2D eigenvalue weighted by Crippen LogP contribution is 2.47. The number of methoxy groups -OCH3 is 1. The molecule has 1 aromatic heterocycles. The van der Waals surface area contributed by atoms with Crippen molar-refractivity contribution < 1.29 is 37.0 Å². The zero-order chi connectivity index (χ0) is 35.1. The molecule has 1 saturated heterocycles. The standard InChI is InChI=1S/C36H48N4O8S/c1-6-47-30-19-29(26-14-15-28(46-5)23(3)31(26)37-30)48-25-18-27-32(41)38-36(34(43)39-49(44,45)35(4)16-17-35)20-24(36)13-11-9-7-8-10-12-22(2)33(42)40(27)21-25/h11,13-15,19,22,24-25,27H,6-10,12,16-18,20-21H2,1-5H3,(H,38,41)(H,39,43)/b13-11-/t22-,24+,25+,27-,36+/m0/s1. The highest BCUT2D eigenvalue weighted by atomic mass is 32.2. The quantitative estimate of drug-likeness (QED) is 0.384. The molecule has 13 heteroatoms. The van der Waals surface area contributed by atoms with Crippen LogP contribution in [0.25, 0.3) is 10.9 Å². The van der Waals surface area contributed by atoms with E-state index in [1.807, 2.05) is 45.1 Å². The lowest BCUT2D eigenvalue weighted by atomic mass is 10.0. The van der Waals surface area contributed by atoms with Crippen molar-refractivity contribution in [1.82, 2.24) is 19.9 Å². The van der Waals surface area contributed by atoms with Crippen LogP contribution in [0.3, 0.4) is 0 Å². The molecule has 3 fully saturated rings. The molecule has 4 aliphatic rings. The number of nitrogens with zero attached hydrogens (tertiary/aromatic N) is 2. The van der Waals surface area contributed by atoms with Gasteiger partial charge in [-0.2, -0.15) is 0 Å². The largest absolute Gasteiger partial charge is 0.496 e. The van der Waals surface area contributed by atoms with E-state index in [0.717, 1.165) is 36.6 Å². The molecule has 49 heavy (non-hydrogen) atoms. The maximum absolute atomic E-state index is 14.2. The number of pyridine rings is 1. The molecule has 2 saturated carbocycles. The zero-order valence-electron chi connectivity index (χ0n) is 29.0. The van der Waals surface area contributed by atoms with Gasteiger partial charge in [0, 0.05) is 35.3 Å². The van der Waals surface area contributed by atoms with Gasteiger partial charge < -0.3 is 24.4 Å². The van der Waals surface area contributed by atoms with Crippen LogP contribution in [0.1, 0.15) is 84.1 Å². The molecule has 0 unspecified atom stereocenters. The third-order valence-electron chi connectivity index (χ3n) is 10.7. The molecule has 2 aliphatic heterocycles. The number of aryl methyl sites for hydroxylation is 1. The first kappa shape index (κ1) is 35.0. The fourth-order valence-corrected chi connectivity index (χ4v) is 8.39. The number of rotatable bonds is 8. The van der Waals surface area contributed by atoms with Crippen LogP contribution in [0, 0.1) is 18.8 Å². The Morgan fingerprint density at radius 3 is 2.65 bits per heavy atom. The van der Waals surface area contributed by atoms with E-state index in [1.165, 1.54) is 0 Å². The molecular weight excluding hydrogens is 648 g/mol. The molecule has 0 bridgehead atoms. The Labute approximate surface area is 288 Å². The van der Waals surface area contributed by atoms with Gasteiger partial charge in [-0.05, 0) is 71.4 Å². The number of carbonyl (C=O) groups excluding carboxylic acids is 3. The topological polar surface area (TPSA) is 153 Å². The van der Waals surface area contributed by atoms with Gasteiger partial charge in [-0.1, -0.05) is 31.9 Å². The fourth-order valence-electron chi connectivity index (χ4n) is 7.07. The number of sulfonamides is 1. The smallest absolute Gasteiger partial charge is 0.259 e. The van der Waals surface area contributed by atoms with Gasteiger partial charge in [-0.15, -0.1) is 0 Å². The van der Waals surface area contributed by atoms with Gasteiger partial charge in [-0.25, -0.2) is 13.4 Å². The first-order valence-corrected chi connectivity index (χ1v) is 18.9. The van der Waals surface area contributed by atoms with Gasteiger partial charge in [0.2, 0.25) is 27.7 Å². The average Bonchev–Trinajstić information content (AvgIpc) is 3.94. The normalized spacial score (nSPS) is 29.0. The lowest BCUT2D eigenvalue weighted by Gasteiger charge is -2.28. The molecule has 5 atom stereocenters. The van der Waals surface area contributed by atoms with Crippen LogP contribution in [0.2, 0.25) is 0 Å². The van der Waals surface area contributed by atoms with Crippen molar-refractivity contribution in [1.29, 1.82) is 0 Å². The molecule has 2 N–H and O–H groups in total. The van der Waals surface area contributed by atoms with Gasteiger partial charge in [0.05, 0.1) is 30.5 Å². The number of benzene rings is 1. The van der Waals surface area contributed by atoms with Crippen LogP contribution in [0.5, 0.6) is 17.4 Å². The molecule has 0 spiro atoms. The van der Waals surface area contributed by atoms with Crippen molar-refractivity contribution in [3.8, 4) is 17.4 Å². The van der Waals surface area contributed by atoms with Crippen molar-refractivity contribution in [2.75, 3.05) is 20.3 Å². The van der Waals surface area contributed by atoms with E-state index >= 15 is 0 Å². The van der Waals surface area contributed by atoms with Crippen molar-refractivity contribution in [3.05, 3.63) is 35.9 Å². The summed E-state index contributed by atoms with van der Waals surface area (Å²) >= 11 is 0. The Kier molecular flexibility index (Phi) is 9.60. The van der Waals surface area contributed by atoms with E-state index in [9.17, 15) is 22.8 Å². The minimum absolute atomic E-state index is 0.149. The first-order chi connectivity index (χ1) is 23.3. The Bertz CT molecular complexity index is 1770. The van der Waals surface area contributed by atoms with Crippen LogP contribution in [-0.4, -0.2) is 78.7 Å². The molecular formula is C36H48N4O8S. The molecule has 266 valence electrons.